The van der Waals surface area contributed by atoms with Crippen LogP contribution in [0, 0.1) is 0 Å². The van der Waals surface area contributed by atoms with E-state index in [9.17, 15) is 13.5 Å². The lowest BCUT2D eigenvalue weighted by Gasteiger charge is -2.35. The molecule has 21 heavy (non-hydrogen) atoms. The number of sulfonamides is 1. The lowest BCUT2D eigenvalue weighted by Crippen LogP contribution is -2.54. The normalized spacial score (nSPS) is 20.8. The number of aliphatic hydroxyl groups is 1. The van der Waals surface area contributed by atoms with E-state index in [0.29, 0.717) is 32.7 Å². The van der Waals surface area contributed by atoms with Gasteiger partial charge in [-0.1, -0.05) is 0 Å². The molecule has 1 aromatic rings. The van der Waals surface area contributed by atoms with Crippen molar-refractivity contribution >= 4 is 10.0 Å². The maximum Gasteiger partial charge on any atom is 0.241 e. The summed E-state index contributed by atoms with van der Waals surface area (Å²) in [5, 5.41) is 9.60. The minimum atomic E-state index is -3.67. The van der Waals surface area contributed by atoms with E-state index in [0.717, 1.165) is 17.7 Å². The van der Waals surface area contributed by atoms with Gasteiger partial charge < -0.3 is 14.6 Å². The first kappa shape index (κ1) is 14.8. The summed E-state index contributed by atoms with van der Waals surface area (Å²) in [5.74, 6) is 0.747. The SMILES string of the molecule is O=S(=O)(NC1(CO)CCOCC1)c1ccc2c(c1)CCO2. The Labute approximate surface area is 124 Å². The van der Waals surface area contributed by atoms with Crippen LogP contribution in [0.3, 0.4) is 0 Å². The molecular formula is C14H19NO5S. The highest BCUT2D eigenvalue weighted by Crippen LogP contribution is 2.29. The van der Waals surface area contributed by atoms with Crippen molar-refractivity contribution in [1.29, 1.82) is 0 Å². The molecule has 0 unspecified atom stereocenters. The number of hydrogen-bond donors (Lipinski definition) is 2. The standard InChI is InChI=1S/C14H19NO5S/c16-10-14(4-7-19-8-5-14)15-21(17,18)12-1-2-13-11(9-12)3-6-20-13/h1-2,9,15-16H,3-8,10H2. The van der Waals surface area contributed by atoms with E-state index in [-0.39, 0.29) is 11.5 Å². The van der Waals surface area contributed by atoms with E-state index in [4.69, 9.17) is 9.47 Å². The summed E-state index contributed by atoms with van der Waals surface area (Å²) in [4.78, 5) is 0.214. The molecule has 1 saturated heterocycles. The zero-order valence-electron chi connectivity index (χ0n) is 11.7. The molecule has 2 heterocycles. The van der Waals surface area contributed by atoms with Crippen LogP contribution in [0.4, 0.5) is 0 Å². The summed E-state index contributed by atoms with van der Waals surface area (Å²) in [7, 11) is -3.67. The van der Waals surface area contributed by atoms with E-state index < -0.39 is 15.6 Å². The molecule has 0 aromatic heterocycles. The van der Waals surface area contributed by atoms with E-state index in [1.165, 1.54) is 6.07 Å². The minimum Gasteiger partial charge on any atom is -0.493 e. The quantitative estimate of drug-likeness (QED) is 0.842. The van der Waals surface area contributed by atoms with Crippen LogP contribution in [0.15, 0.2) is 23.1 Å². The van der Waals surface area contributed by atoms with E-state index in [1.807, 2.05) is 0 Å². The molecule has 0 amide bonds. The molecule has 0 spiro atoms. The first-order valence-electron chi connectivity index (χ1n) is 7.03. The fourth-order valence-corrected chi connectivity index (χ4v) is 4.23. The molecule has 116 valence electrons. The van der Waals surface area contributed by atoms with E-state index >= 15 is 0 Å². The molecule has 3 rings (SSSR count). The average molecular weight is 313 g/mol. The van der Waals surface area contributed by atoms with E-state index in [1.54, 1.807) is 12.1 Å². The van der Waals surface area contributed by atoms with E-state index in [2.05, 4.69) is 4.72 Å². The van der Waals surface area contributed by atoms with Crippen molar-refractivity contribution in [2.45, 2.75) is 29.7 Å². The predicted molar refractivity (Wildman–Crippen MR) is 75.8 cm³/mol. The first-order chi connectivity index (χ1) is 10.0. The summed E-state index contributed by atoms with van der Waals surface area (Å²) in [6, 6.07) is 4.87. The number of ether oxygens (including phenoxy) is 2. The Balaban J connectivity index is 1.86. The topological polar surface area (TPSA) is 84.9 Å². The summed E-state index contributed by atoms with van der Waals surface area (Å²) in [5.41, 5.74) is 0.0787. The molecular weight excluding hydrogens is 294 g/mol. The third-order valence-corrected chi connectivity index (χ3v) is 5.65. The zero-order chi connectivity index (χ0) is 14.9. The Morgan fingerprint density at radius 1 is 1.24 bits per heavy atom. The van der Waals surface area contributed by atoms with Gasteiger partial charge in [0.15, 0.2) is 0 Å². The smallest absolute Gasteiger partial charge is 0.241 e. The summed E-state index contributed by atoms with van der Waals surface area (Å²) >= 11 is 0. The van der Waals surface area contributed by atoms with Crippen molar-refractivity contribution in [3.8, 4) is 5.75 Å². The summed E-state index contributed by atoms with van der Waals surface area (Å²) in [6.45, 7) is 1.25. The number of nitrogens with one attached hydrogen (secondary N) is 1. The first-order valence-corrected chi connectivity index (χ1v) is 8.51. The van der Waals surface area contributed by atoms with Crippen LogP contribution in [0.2, 0.25) is 0 Å². The Bertz CT molecular complexity index is 622. The van der Waals surface area contributed by atoms with Gasteiger partial charge in [0.05, 0.1) is 23.6 Å². The minimum absolute atomic E-state index is 0.214. The van der Waals surface area contributed by atoms with Crippen LogP contribution in [-0.4, -0.2) is 45.5 Å². The number of fused-ring (bicyclic) bond motifs is 1. The predicted octanol–water partition coefficient (Wildman–Crippen LogP) is 0.441. The van der Waals surface area contributed by atoms with Gasteiger partial charge in [0.1, 0.15) is 5.75 Å². The van der Waals surface area contributed by atoms with Gasteiger partial charge in [0.25, 0.3) is 0 Å². The number of aliphatic hydroxyl groups excluding tert-OH is 1. The largest absolute Gasteiger partial charge is 0.493 e. The molecule has 2 N–H and O–H groups in total. The highest BCUT2D eigenvalue weighted by Gasteiger charge is 2.36. The molecule has 2 aliphatic heterocycles. The van der Waals surface area contributed by atoms with Crippen molar-refractivity contribution in [3.63, 3.8) is 0 Å². The van der Waals surface area contributed by atoms with Gasteiger partial charge in [-0.05, 0) is 36.6 Å². The van der Waals surface area contributed by atoms with Crippen molar-refractivity contribution in [2.24, 2.45) is 0 Å². The molecule has 0 atom stereocenters. The second-order valence-corrected chi connectivity index (χ2v) is 7.21. The van der Waals surface area contributed by atoms with Crippen LogP contribution in [0.1, 0.15) is 18.4 Å². The molecule has 6 nitrogen and oxygen atoms in total. The fraction of sp³-hybridized carbons (Fsp3) is 0.571. The maximum absolute atomic E-state index is 12.6. The second-order valence-electron chi connectivity index (χ2n) is 5.52. The summed E-state index contributed by atoms with van der Waals surface area (Å²) in [6.07, 6.45) is 1.66. The second kappa shape index (κ2) is 5.57. The van der Waals surface area contributed by atoms with Gasteiger partial charge in [0.2, 0.25) is 10.0 Å². The Morgan fingerprint density at radius 3 is 2.71 bits per heavy atom. The fourth-order valence-electron chi connectivity index (χ4n) is 2.73. The lowest BCUT2D eigenvalue weighted by atomic mass is 9.93. The van der Waals surface area contributed by atoms with Gasteiger partial charge in [-0.15, -0.1) is 0 Å². The van der Waals surface area contributed by atoms with Gasteiger partial charge >= 0.3 is 0 Å². The maximum atomic E-state index is 12.6. The zero-order valence-corrected chi connectivity index (χ0v) is 12.5. The third kappa shape index (κ3) is 2.91. The highest BCUT2D eigenvalue weighted by atomic mass is 32.2. The highest BCUT2D eigenvalue weighted by molar-refractivity contribution is 7.89. The summed E-state index contributed by atoms with van der Waals surface area (Å²) < 4.78 is 38.4. The lowest BCUT2D eigenvalue weighted by molar-refractivity contribution is 0.0223. The van der Waals surface area contributed by atoms with Crippen molar-refractivity contribution in [3.05, 3.63) is 23.8 Å². The molecule has 0 bridgehead atoms. The Hall–Kier alpha value is -1.15. The molecule has 1 aromatic carbocycles. The monoisotopic (exact) mass is 313 g/mol. The molecule has 0 radical (unpaired) electrons. The number of hydrogen-bond acceptors (Lipinski definition) is 5. The van der Waals surface area contributed by atoms with Crippen LogP contribution in [0.25, 0.3) is 0 Å². The third-order valence-electron chi connectivity index (χ3n) is 4.07. The molecule has 1 fully saturated rings. The van der Waals surface area contributed by atoms with Gasteiger partial charge in [-0.2, -0.15) is 0 Å². The van der Waals surface area contributed by atoms with Crippen molar-refractivity contribution in [2.75, 3.05) is 26.4 Å². The van der Waals surface area contributed by atoms with Crippen molar-refractivity contribution < 1.29 is 23.0 Å². The average Bonchev–Trinajstić information content (AvgIpc) is 2.95. The number of rotatable bonds is 4. The van der Waals surface area contributed by atoms with Crippen LogP contribution >= 0.6 is 0 Å². The van der Waals surface area contributed by atoms with Crippen molar-refractivity contribution in [1.82, 2.24) is 4.72 Å². The molecule has 0 aliphatic carbocycles. The molecule has 2 aliphatic rings. The Kier molecular flexibility index (Phi) is 3.92. The molecule has 7 heteroatoms. The van der Waals surface area contributed by atoms with Crippen LogP contribution < -0.4 is 9.46 Å². The van der Waals surface area contributed by atoms with Crippen LogP contribution in [0.5, 0.6) is 5.75 Å². The van der Waals surface area contributed by atoms with Gasteiger partial charge in [-0.25, -0.2) is 13.1 Å². The van der Waals surface area contributed by atoms with Crippen LogP contribution in [-0.2, 0) is 21.2 Å². The number of benzene rings is 1. The van der Waals surface area contributed by atoms with Gasteiger partial charge in [0, 0.05) is 19.6 Å². The Morgan fingerprint density at radius 2 is 2.00 bits per heavy atom. The van der Waals surface area contributed by atoms with Gasteiger partial charge in [-0.3, -0.25) is 0 Å². The molecule has 0 saturated carbocycles.